The van der Waals surface area contributed by atoms with Gasteiger partial charge < -0.3 is 26.1 Å². The van der Waals surface area contributed by atoms with Crippen molar-refractivity contribution in [2.45, 2.75) is 6.54 Å². The molecule has 2 aromatic heterocycles. The number of carbonyl (C=O) groups is 2. The molecule has 0 aliphatic rings. The minimum absolute atomic E-state index is 0.0318. The fourth-order valence-corrected chi connectivity index (χ4v) is 2.12. The predicted molar refractivity (Wildman–Crippen MR) is 86.6 cm³/mol. The van der Waals surface area contributed by atoms with Crippen LogP contribution >= 0.6 is 0 Å². The van der Waals surface area contributed by atoms with E-state index in [1.165, 1.54) is 7.05 Å². The van der Waals surface area contributed by atoms with Crippen LogP contribution in [0.4, 0.5) is 5.82 Å². The number of amides is 1. The highest BCUT2D eigenvalue weighted by Crippen LogP contribution is 2.26. The first-order valence-electron chi connectivity index (χ1n) is 7.02. The predicted octanol–water partition coefficient (Wildman–Crippen LogP) is -0.441. The van der Waals surface area contributed by atoms with Gasteiger partial charge in [0.15, 0.2) is 17.3 Å². The van der Waals surface area contributed by atoms with E-state index in [9.17, 15) is 9.59 Å². The summed E-state index contributed by atoms with van der Waals surface area (Å²) in [4.78, 5) is 26.7. The molecule has 0 aliphatic carbocycles. The average Bonchev–Trinajstić information content (AvgIpc) is 3.18. The number of benzene rings is 1. The number of aldehydes is 1. The van der Waals surface area contributed by atoms with Crippen LogP contribution < -0.4 is 16.8 Å². The minimum Gasteiger partial charge on any atom is -0.379 e. The van der Waals surface area contributed by atoms with Crippen molar-refractivity contribution in [1.82, 2.24) is 25.2 Å². The van der Waals surface area contributed by atoms with Crippen molar-refractivity contribution < 1.29 is 14.2 Å². The van der Waals surface area contributed by atoms with Crippen LogP contribution in [-0.2, 0) is 16.1 Å². The molecule has 3 rings (SSSR count). The molecular formula is C14H17N7O3. The number of imidazole rings is 1. The van der Waals surface area contributed by atoms with Crippen molar-refractivity contribution in [2.24, 2.45) is 5.73 Å². The first kappa shape index (κ1) is 17.1. The molecule has 0 bridgehead atoms. The first-order valence-corrected chi connectivity index (χ1v) is 7.02. The number of fused-ring (bicyclic) bond motifs is 1. The van der Waals surface area contributed by atoms with Crippen LogP contribution in [0, 0.1) is 0 Å². The molecule has 0 unspecified atom stereocenters. The smallest absolute Gasteiger partial charge is 0.240 e. The topological polar surface area (TPSA) is 155 Å². The van der Waals surface area contributed by atoms with Gasteiger partial charge in [-0.3, -0.25) is 4.79 Å². The first-order chi connectivity index (χ1) is 11.7. The molecule has 10 heteroatoms. The van der Waals surface area contributed by atoms with Gasteiger partial charge in [-0.15, -0.1) is 0 Å². The Hall–Kier alpha value is -3.27. The molecule has 0 saturated heterocycles. The average molecular weight is 331 g/mol. The van der Waals surface area contributed by atoms with Gasteiger partial charge in [-0.05, 0) is 29.5 Å². The summed E-state index contributed by atoms with van der Waals surface area (Å²) in [6, 6.07) is 7.29. The zero-order valence-electron chi connectivity index (χ0n) is 13.0. The van der Waals surface area contributed by atoms with Gasteiger partial charge in [-0.2, -0.15) is 0 Å². The Morgan fingerprint density at radius 2 is 2.08 bits per heavy atom. The SMILES string of the molecule is CN.Nc1nonc1-c1nc2ccccc2n1CC(=O)NCC=O. The van der Waals surface area contributed by atoms with E-state index in [1.54, 1.807) is 4.57 Å². The summed E-state index contributed by atoms with van der Waals surface area (Å²) in [7, 11) is 1.50. The molecule has 10 nitrogen and oxygen atoms in total. The monoisotopic (exact) mass is 331 g/mol. The third kappa shape index (κ3) is 3.38. The zero-order valence-corrected chi connectivity index (χ0v) is 13.0. The molecule has 126 valence electrons. The largest absolute Gasteiger partial charge is 0.379 e. The number of nitrogens with two attached hydrogens (primary N) is 2. The molecule has 2 heterocycles. The Labute approximate surface area is 136 Å². The van der Waals surface area contributed by atoms with Crippen LogP contribution in [0.25, 0.3) is 22.6 Å². The van der Waals surface area contributed by atoms with Crippen LogP contribution in [0.15, 0.2) is 28.9 Å². The lowest BCUT2D eigenvalue weighted by molar-refractivity contribution is -0.122. The maximum atomic E-state index is 11.9. The Kier molecular flexibility index (Phi) is 5.58. The number of nitrogens with one attached hydrogen (secondary N) is 1. The molecule has 0 aliphatic heterocycles. The molecule has 5 N–H and O–H groups in total. The summed E-state index contributed by atoms with van der Waals surface area (Å²) < 4.78 is 6.24. The normalized spacial score (nSPS) is 10.1. The van der Waals surface area contributed by atoms with Crippen LogP contribution in [0.2, 0.25) is 0 Å². The lowest BCUT2D eigenvalue weighted by Crippen LogP contribution is -2.29. The molecule has 0 radical (unpaired) electrons. The minimum atomic E-state index is -0.327. The van der Waals surface area contributed by atoms with Crippen molar-refractivity contribution in [1.29, 1.82) is 0 Å². The fourth-order valence-electron chi connectivity index (χ4n) is 2.12. The number of aromatic nitrogens is 4. The van der Waals surface area contributed by atoms with Gasteiger partial charge in [0.05, 0.1) is 17.6 Å². The number of hydrogen-bond acceptors (Lipinski definition) is 8. The van der Waals surface area contributed by atoms with Crippen molar-refractivity contribution in [3.05, 3.63) is 24.3 Å². The number of nitrogen functional groups attached to an aromatic ring is 1. The van der Waals surface area contributed by atoms with Crippen LogP contribution in [0.3, 0.4) is 0 Å². The van der Waals surface area contributed by atoms with Crippen molar-refractivity contribution in [3.63, 3.8) is 0 Å². The number of nitrogens with zero attached hydrogens (tertiary/aromatic N) is 4. The summed E-state index contributed by atoms with van der Waals surface area (Å²) in [5.41, 5.74) is 11.9. The van der Waals surface area contributed by atoms with Gasteiger partial charge in [0.25, 0.3) is 0 Å². The van der Waals surface area contributed by atoms with Crippen molar-refractivity contribution >= 4 is 29.0 Å². The third-order valence-electron chi connectivity index (χ3n) is 3.06. The van der Waals surface area contributed by atoms with E-state index in [1.807, 2.05) is 24.3 Å². The summed E-state index contributed by atoms with van der Waals surface area (Å²) in [6.07, 6.45) is 0.615. The van der Waals surface area contributed by atoms with Gasteiger partial charge in [0.2, 0.25) is 5.91 Å². The van der Waals surface area contributed by atoms with Crippen molar-refractivity contribution in [3.8, 4) is 11.5 Å². The quantitative estimate of drug-likeness (QED) is 0.531. The van der Waals surface area contributed by atoms with Crippen LogP contribution in [0.1, 0.15) is 0 Å². The maximum absolute atomic E-state index is 11.9. The Balaban J connectivity index is 0.00000100. The number of anilines is 1. The second kappa shape index (κ2) is 7.83. The second-order valence-electron chi connectivity index (χ2n) is 4.48. The van der Waals surface area contributed by atoms with Crippen LogP contribution in [-0.4, -0.2) is 45.7 Å². The molecule has 1 amide bonds. The van der Waals surface area contributed by atoms with E-state index in [4.69, 9.17) is 5.73 Å². The van der Waals surface area contributed by atoms with E-state index >= 15 is 0 Å². The van der Waals surface area contributed by atoms with Crippen molar-refractivity contribution in [2.75, 3.05) is 19.3 Å². The van der Waals surface area contributed by atoms with Gasteiger partial charge in [-0.25, -0.2) is 9.61 Å². The molecule has 0 atom stereocenters. The highest BCUT2D eigenvalue weighted by atomic mass is 16.6. The molecule has 0 fully saturated rings. The third-order valence-corrected chi connectivity index (χ3v) is 3.06. The fraction of sp³-hybridized carbons (Fsp3) is 0.214. The summed E-state index contributed by atoms with van der Waals surface area (Å²) in [5.74, 6) is 0.137. The Morgan fingerprint density at radius 3 is 2.75 bits per heavy atom. The lowest BCUT2D eigenvalue weighted by atomic mass is 10.3. The van der Waals surface area contributed by atoms with Gasteiger partial charge in [0.1, 0.15) is 12.8 Å². The molecule has 24 heavy (non-hydrogen) atoms. The highest BCUT2D eigenvalue weighted by Gasteiger charge is 2.20. The van der Waals surface area contributed by atoms with Gasteiger partial charge >= 0.3 is 0 Å². The lowest BCUT2D eigenvalue weighted by Gasteiger charge is -2.07. The number of carbonyl (C=O) groups excluding carboxylic acids is 2. The Bertz CT molecular complexity index is 840. The molecule has 1 aromatic carbocycles. The van der Waals surface area contributed by atoms with E-state index in [0.717, 1.165) is 5.52 Å². The Morgan fingerprint density at radius 1 is 1.33 bits per heavy atom. The van der Waals surface area contributed by atoms with E-state index in [2.05, 4.69) is 31.0 Å². The number of rotatable bonds is 5. The standard InChI is InChI=1S/C13H12N6O3.CH5N/c14-12-11(17-22-18-12)13-16-8-3-1-2-4-9(8)19(13)7-10(21)15-5-6-20;1-2/h1-4,6H,5,7H2,(H2,14,18)(H,15,21);2H2,1H3. The highest BCUT2D eigenvalue weighted by molar-refractivity contribution is 5.85. The second-order valence-corrected chi connectivity index (χ2v) is 4.48. The van der Waals surface area contributed by atoms with Crippen LogP contribution in [0.5, 0.6) is 0 Å². The number of hydrogen-bond donors (Lipinski definition) is 3. The van der Waals surface area contributed by atoms with E-state index in [0.29, 0.717) is 17.6 Å². The summed E-state index contributed by atoms with van der Waals surface area (Å²) >= 11 is 0. The van der Waals surface area contributed by atoms with Gasteiger partial charge in [0, 0.05) is 0 Å². The molecule has 3 aromatic rings. The zero-order chi connectivity index (χ0) is 17.5. The van der Waals surface area contributed by atoms with Gasteiger partial charge in [-0.1, -0.05) is 12.1 Å². The summed E-state index contributed by atoms with van der Waals surface area (Å²) in [6.45, 7) is -0.0789. The molecule has 0 spiro atoms. The number of para-hydroxylation sites is 2. The van der Waals surface area contributed by atoms with E-state index < -0.39 is 0 Å². The van der Waals surface area contributed by atoms with E-state index in [-0.39, 0.29) is 30.5 Å². The maximum Gasteiger partial charge on any atom is 0.240 e. The summed E-state index contributed by atoms with van der Waals surface area (Å²) in [5, 5.41) is 9.73. The molecular weight excluding hydrogens is 314 g/mol. The molecule has 0 saturated carbocycles.